The van der Waals surface area contributed by atoms with Crippen molar-refractivity contribution in [3.8, 4) is 5.75 Å². The summed E-state index contributed by atoms with van der Waals surface area (Å²) in [7, 11) is 0. The highest BCUT2D eigenvalue weighted by Crippen LogP contribution is 2.20. The summed E-state index contributed by atoms with van der Waals surface area (Å²) in [4.78, 5) is 23.4. The third-order valence-electron chi connectivity index (χ3n) is 3.20. The Balaban J connectivity index is 2.22. The van der Waals surface area contributed by atoms with Gasteiger partial charge in [-0.15, -0.1) is 0 Å². The summed E-state index contributed by atoms with van der Waals surface area (Å²) >= 11 is 0. The molecule has 1 amide bonds. The van der Waals surface area contributed by atoms with Gasteiger partial charge in [-0.05, 0) is 56.7 Å². The Bertz CT molecular complexity index is 738. The lowest BCUT2D eigenvalue weighted by molar-refractivity contribution is 0.0696. The zero-order valence-electron chi connectivity index (χ0n) is 13.3. The van der Waals surface area contributed by atoms with Crippen molar-refractivity contribution in [2.24, 2.45) is 0 Å². The van der Waals surface area contributed by atoms with Crippen molar-refractivity contribution in [3.63, 3.8) is 0 Å². The molecule has 0 aliphatic heterocycles. The molecule has 0 fully saturated rings. The molecule has 0 bridgehead atoms. The lowest BCUT2D eigenvalue weighted by atomic mass is 10.1. The lowest BCUT2D eigenvalue weighted by Crippen LogP contribution is -2.14. The first-order chi connectivity index (χ1) is 10.9. The number of nitrogens with one attached hydrogen (secondary N) is 1. The lowest BCUT2D eigenvalue weighted by Gasteiger charge is -2.12. The number of ether oxygens (including phenoxy) is 1. The summed E-state index contributed by atoms with van der Waals surface area (Å²) in [5.41, 5.74) is 1.84. The number of rotatable bonds is 5. The maximum absolute atomic E-state index is 12.4. The maximum atomic E-state index is 12.4. The van der Waals surface area contributed by atoms with Crippen LogP contribution >= 0.6 is 0 Å². The topological polar surface area (TPSA) is 75.6 Å². The second kappa shape index (κ2) is 6.96. The van der Waals surface area contributed by atoms with Crippen LogP contribution in [0.5, 0.6) is 5.75 Å². The van der Waals surface area contributed by atoms with Gasteiger partial charge in [-0.2, -0.15) is 0 Å². The van der Waals surface area contributed by atoms with Gasteiger partial charge in [0, 0.05) is 11.3 Å². The van der Waals surface area contributed by atoms with E-state index in [0.29, 0.717) is 17.0 Å². The first-order valence-corrected chi connectivity index (χ1v) is 7.29. The molecule has 120 valence electrons. The number of carbonyl (C=O) groups is 2. The van der Waals surface area contributed by atoms with E-state index in [4.69, 9.17) is 9.84 Å². The van der Waals surface area contributed by atoms with Gasteiger partial charge in [0.25, 0.3) is 5.91 Å². The number of carboxylic acids is 1. The fraction of sp³-hybridized carbons (Fsp3) is 0.222. The van der Waals surface area contributed by atoms with E-state index in [0.717, 1.165) is 5.56 Å². The van der Waals surface area contributed by atoms with Gasteiger partial charge in [0.2, 0.25) is 0 Å². The highest BCUT2D eigenvalue weighted by atomic mass is 16.5. The number of amides is 1. The number of benzene rings is 2. The van der Waals surface area contributed by atoms with Crippen LogP contribution in [-0.4, -0.2) is 23.1 Å². The van der Waals surface area contributed by atoms with E-state index in [-0.39, 0.29) is 17.6 Å². The average Bonchev–Trinajstić information content (AvgIpc) is 2.48. The zero-order chi connectivity index (χ0) is 17.0. The molecule has 2 aromatic carbocycles. The van der Waals surface area contributed by atoms with Crippen LogP contribution in [0.4, 0.5) is 5.69 Å². The quantitative estimate of drug-likeness (QED) is 0.882. The summed E-state index contributed by atoms with van der Waals surface area (Å²) in [5.74, 6) is -0.735. The molecule has 0 spiro atoms. The number of aryl methyl sites for hydroxylation is 1. The summed E-state index contributed by atoms with van der Waals surface area (Å²) in [5, 5.41) is 11.8. The number of aromatic carboxylic acids is 1. The summed E-state index contributed by atoms with van der Waals surface area (Å²) in [6, 6.07) is 11.5. The molecule has 0 aromatic heterocycles. The Kier molecular flexibility index (Phi) is 5.01. The third-order valence-corrected chi connectivity index (χ3v) is 3.20. The monoisotopic (exact) mass is 313 g/mol. The molecule has 23 heavy (non-hydrogen) atoms. The van der Waals surface area contributed by atoms with Gasteiger partial charge in [0.15, 0.2) is 0 Å². The normalized spacial score (nSPS) is 10.4. The Morgan fingerprint density at radius 3 is 2.48 bits per heavy atom. The molecule has 5 nitrogen and oxygen atoms in total. The van der Waals surface area contributed by atoms with Gasteiger partial charge in [-0.25, -0.2) is 4.79 Å². The summed E-state index contributed by atoms with van der Waals surface area (Å²) < 4.78 is 5.57. The Morgan fingerprint density at radius 2 is 1.83 bits per heavy atom. The molecule has 0 aliphatic carbocycles. The van der Waals surface area contributed by atoms with E-state index in [1.165, 1.54) is 12.1 Å². The van der Waals surface area contributed by atoms with Gasteiger partial charge in [0.1, 0.15) is 5.75 Å². The van der Waals surface area contributed by atoms with Gasteiger partial charge in [0.05, 0.1) is 11.7 Å². The van der Waals surface area contributed by atoms with Crippen LogP contribution in [0.1, 0.15) is 40.1 Å². The SMILES string of the molecule is Cc1ccc(C(=O)O)cc1NC(=O)c1cccc(OC(C)C)c1. The Morgan fingerprint density at radius 1 is 1.09 bits per heavy atom. The van der Waals surface area contributed by atoms with Crippen molar-refractivity contribution in [2.45, 2.75) is 26.9 Å². The minimum Gasteiger partial charge on any atom is -0.491 e. The minimum absolute atomic E-state index is 0.0165. The van der Waals surface area contributed by atoms with E-state index >= 15 is 0 Å². The molecule has 0 radical (unpaired) electrons. The van der Waals surface area contributed by atoms with E-state index < -0.39 is 5.97 Å². The first-order valence-electron chi connectivity index (χ1n) is 7.29. The molecule has 0 unspecified atom stereocenters. The van der Waals surface area contributed by atoms with Crippen LogP contribution in [0.25, 0.3) is 0 Å². The predicted molar refractivity (Wildman–Crippen MR) is 88.3 cm³/mol. The number of anilines is 1. The second-order valence-corrected chi connectivity index (χ2v) is 5.48. The van der Waals surface area contributed by atoms with Gasteiger partial charge in [-0.3, -0.25) is 4.79 Å². The third kappa shape index (κ3) is 4.32. The maximum Gasteiger partial charge on any atom is 0.335 e. The van der Waals surface area contributed by atoms with Crippen molar-refractivity contribution >= 4 is 17.6 Å². The van der Waals surface area contributed by atoms with Crippen molar-refractivity contribution in [1.29, 1.82) is 0 Å². The van der Waals surface area contributed by atoms with E-state index in [9.17, 15) is 9.59 Å². The Labute approximate surface area is 134 Å². The smallest absolute Gasteiger partial charge is 0.335 e. The fourth-order valence-electron chi connectivity index (χ4n) is 2.07. The molecule has 0 saturated heterocycles. The minimum atomic E-state index is -1.03. The zero-order valence-corrected chi connectivity index (χ0v) is 13.3. The van der Waals surface area contributed by atoms with Gasteiger partial charge in [-0.1, -0.05) is 12.1 Å². The number of carboxylic acid groups (broad SMARTS) is 1. The van der Waals surface area contributed by atoms with Crippen LogP contribution in [0, 0.1) is 6.92 Å². The van der Waals surface area contributed by atoms with E-state index in [1.54, 1.807) is 37.3 Å². The second-order valence-electron chi connectivity index (χ2n) is 5.48. The molecule has 2 aromatic rings. The van der Waals surface area contributed by atoms with Crippen molar-refractivity contribution in [2.75, 3.05) is 5.32 Å². The van der Waals surface area contributed by atoms with Crippen molar-refractivity contribution < 1.29 is 19.4 Å². The highest BCUT2D eigenvalue weighted by Gasteiger charge is 2.11. The molecule has 0 atom stereocenters. The fourth-order valence-corrected chi connectivity index (χ4v) is 2.07. The number of carbonyl (C=O) groups excluding carboxylic acids is 1. The molecule has 0 saturated carbocycles. The molecular weight excluding hydrogens is 294 g/mol. The summed E-state index contributed by atoms with van der Waals surface area (Å²) in [6.45, 7) is 5.63. The van der Waals surface area contributed by atoms with Gasteiger partial charge < -0.3 is 15.2 Å². The molecule has 0 aliphatic rings. The summed E-state index contributed by atoms with van der Waals surface area (Å²) in [6.07, 6.45) is 0.0165. The predicted octanol–water partition coefficient (Wildman–Crippen LogP) is 3.73. The van der Waals surface area contributed by atoms with Crippen molar-refractivity contribution in [1.82, 2.24) is 0 Å². The van der Waals surface area contributed by atoms with Gasteiger partial charge >= 0.3 is 5.97 Å². The highest BCUT2D eigenvalue weighted by molar-refractivity contribution is 6.05. The molecule has 0 heterocycles. The van der Waals surface area contributed by atoms with Crippen LogP contribution in [-0.2, 0) is 0 Å². The molecular formula is C18H19NO4. The van der Waals surface area contributed by atoms with Crippen molar-refractivity contribution in [3.05, 3.63) is 59.2 Å². The van der Waals surface area contributed by atoms with Crippen LogP contribution in [0.3, 0.4) is 0 Å². The first kappa shape index (κ1) is 16.5. The largest absolute Gasteiger partial charge is 0.491 e. The van der Waals surface area contributed by atoms with Crippen LogP contribution < -0.4 is 10.1 Å². The average molecular weight is 313 g/mol. The Hall–Kier alpha value is -2.82. The number of hydrogen-bond donors (Lipinski definition) is 2. The standard InChI is InChI=1S/C18H19NO4/c1-11(2)23-15-6-4-5-13(9-15)17(20)19-16-10-14(18(21)22)8-7-12(16)3/h4-11H,1-3H3,(H,19,20)(H,21,22). The molecule has 5 heteroatoms. The van der Waals surface area contributed by atoms with Crippen LogP contribution in [0.2, 0.25) is 0 Å². The van der Waals surface area contributed by atoms with E-state index in [1.807, 2.05) is 13.8 Å². The number of hydrogen-bond acceptors (Lipinski definition) is 3. The van der Waals surface area contributed by atoms with E-state index in [2.05, 4.69) is 5.32 Å². The molecule has 2 rings (SSSR count). The van der Waals surface area contributed by atoms with Crippen LogP contribution in [0.15, 0.2) is 42.5 Å². The molecule has 2 N–H and O–H groups in total.